The number of rotatable bonds is 5. The van der Waals surface area contributed by atoms with Gasteiger partial charge < -0.3 is 0 Å². The number of aryl methyl sites for hydroxylation is 2. The molecule has 31 heavy (non-hydrogen) atoms. The lowest BCUT2D eigenvalue weighted by atomic mass is 10.0. The first-order chi connectivity index (χ1) is 14.8. The van der Waals surface area contributed by atoms with Crippen LogP contribution in [-0.2, 0) is 9.84 Å². The normalized spacial score (nSPS) is 15.0. The minimum absolute atomic E-state index is 0.294. The smallest absolute Gasteiger partial charge is 0.257 e. The van der Waals surface area contributed by atoms with Crippen LogP contribution in [0.15, 0.2) is 52.7 Å². The predicted molar refractivity (Wildman–Crippen MR) is 125 cm³/mol. The van der Waals surface area contributed by atoms with E-state index in [2.05, 4.69) is 28.5 Å². The minimum Gasteiger partial charge on any atom is -0.298 e. The summed E-state index contributed by atoms with van der Waals surface area (Å²) in [6.07, 6.45) is 4.46. The molecule has 1 aliphatic carbocycles. The summed E-state index contributed by atoms with van der Waals surface area (Å²) in [4.78, 5) is 17.5. The third kappa shape index (κ3) is 4.72. The zero-order valence-electron chi connectivity index (χ0n) is 17.7. The first-order valence-corrected chi connectivity index (χ1v) is 13.0. The van der Waals surface area contributed by atoms with Gasteiger partial charge in [-0.25, -0.2) is 13.4 Å². The third-order valence-electron chi connectivity index (χ3n) is 5.83. The highest BCUT2D eigenvalue weighted by atomic mass is 32.2. The molecule has 1 N–H and O–H groups in total. The molecule has 3 aromatic rings. The second-order valence-corrected chi connectivity index (χ2v) is 11.2. The van der Waals surface area contributed by atoms with Gasteiger partial charge in [-0.3, -0.25) is 10.1 Å². The highest BCUT2D eigenvalue weighted by Crippen LogP contribution is 2.30. The average Bonchev–Trinajstić information content (AvgIpc) is 3.24. The van der Waals surface area contributed by atoms with Gasteiger partial charge in [-0.15, -0.1) is 11.3 Å². The fourth-order valence-electron chi connectivity index (χ4n) is 4.00. The number of sulfone groups is 1. The van der Waals surface area contributed by atoms with Crippen LogP contribution in [0.25, 0.3) is 11.3 Å². The molecule has 1 saturated carbocycles. The average molecular weight is 455 g/mol. The Bertz CT molecular complexity index is 1190. The molecule has 0 saturated heterocycles. The van der Waals surface area contributed by atoms with Gasteiger partial charge in [-0.2, -0.15) is 0 Å². The summed E-state index contributed by atoms with van der Waals surface area (Å²) < 4.78 is 25.7. The van der Waals surface area contributed by atoms with Crippen LogP contribution in [0.2, 0.25) is 0 Å². The fourth-order valence-corrected chi connectivity index (χ4v) is 6.56. The van der Waals surface area contributed by atoms with Gasteiger partial charge in [0, 0.05) is 16.5 Å². The lowest BCUT2D eigenvalue weighted by Crippen LogP contribution is -2.24. The number of thiazole rings is 1. The number of carbonyl (C=O) groups excluding carboxylic acids is 1. The van der Waals surface area contributed by atoms with Crippen LogP contribution in [0.5, 0.6) is 0 Å². The van der Waals surface area contributed by atoms with Crippen LogP contribution in [0, 0.1) is 13.8 Å². The van der Waals surface area contributed by atoms with Gasteiger partial charge in [-0.05, 0) is 62.6 Å². The molecule has 0 spiro atoms. The number of carbonyl (C=O) groups is 1. The van der Waals surface area contributed by atoms with E-state index in [0.717, 1.165) is 54.5 Å². The van der Waals surface area contributed by atoms with E-state index >= 15 is 0 Å². The zero-order valence-corrected chi connectivity index (χ0v) is 19.4. The second-order valence-electron chi connectivity index (χ2n) is 8.14. The molecule has 0 atom stereocenters. The minimum atomic E-state index is -3.34. The van der Waals surface area contributed by atoms with Crippen molar-refractivity contribution >= 4 is 32.2 Å². The number of nitrogens with one attached hydrogen (secondary N) is 1. The van der Waals surface area contributed by atoms with Crippen LogP contribution in [-0.4, -0.2) is 24.6 Å². The highest BCUT2D eigenvalue weighted by Gasteiger charge is 2.28. The molecule has 0 unspecified atom stereocenters. The van der Waals surface area contributed by atoms with Gasteiger partial charge in [0.15, 0.2) is 15.0 Å². The van der Waals surface area contributed by atoms with Crippen molar-refractivity contribution < 1.29 is 13.2 Å². The number of hydrogen-bond acceptors (Lipinski definition) is 5. The van der Waals surface area contributed by atoms with Crippen LogP contribution < -0.4 is 5.32 Å². The fraction of sp³-hybridized carbons (Fsp3) is 0.333. The largest absolute Gasteiger partial charge is 0.298 e. The number of nitrogens with zero attached hydrogens (tertiary/aromatic N) is 1. The molecule has 2 aromatic carbocycles. The Morgan fingerprint density at radius 2 is 1.74 bits per heavy atom. The number of anilines is 1. The predicted octanol–water partition coefficient (Wildman–Crippen LogP) is 5.79. The Morgan fingerprint density at radius 1 is 1.03 bits per heavy atom. The summed E-state index contributed by atoms with van der Waals surface area (Å²) in [6, 6.07) is 12.4. The van der Waals surface area contributed by atoms with Crippen molar-refractivity contribution in [2.24, 2.45) is 0 Å². The summed E-state index contributed by atoms with van der Waals surface area (Å²) in [5.74, 6) is -0.302. The van der Waals surface area contributed by atoms with Crippen LogP contribution in [0.4, 0.5) is 5.13 Å². The van der Waals surface area contributed by atoms with Crippen molar-refractivity contribution in [2.45, 2.75) is 56.1 Å². The van der Waals surface area contributed by atoms with Crippen LogP contribution in [0.3, 0.4) is 0 Å². The molecule has 0 radical (unpaired) electrons. The molecule has 1 aliphatic rings. The van der Waals surface area contributed by atoms with E-state index in [9.17, 15) is 13.2 Å². The molecular formula is C24H26N2O3S2. The molecule has 4 rings (SSSR count). The topological polar surface area (TPSA) is 76.1 Å². The van der Waals surface area contributed by atoms with Gasteiger partial charge in [0.2, 0.25) is 0 Å². The first-order valence-electron chi connectivity index (χ1n) is 10.5. The number of aromatic nitrogens is 1. The van der Waals surface area contributed by atoms with Gasteiger partial charge in [-0.1, -0.05) is 37.0 Å². The van der Waals surface area contributed by atoms with Gasteiger partial charge >= 0.3 is 0 Å². The summed E-state index contributed by atoms with van der Waals surface area (Å²) >= 11 is 1.37. The molecule has 7 heteroatoms. The van der Waals surface area contributed by atoms with Crippen LogP contribution >= 0.6 is 11.3 Å². The molecule has 1 aromatic heterocycles. The van der Waals surface area contributed by atoms with E-state index < -0.39 is 9.84 Å². The SMILES string of the molecule is Cc1ccc(C)c(-c2csc(NC(=O)c3ccc(S(=O)(=O)C4CCCCC4)cc3)n2)c1. The summed E-state index contributed by atoms with van der Waals surface area (Å²) in [5.41, 5.74) is 4.57. The quantitative estimate of drug-likeness (QED) is 0.530. The summed E-state index contributed by atoms with van der Waals surface area (Å²) in [5, 5.41) is 4.96. The lowest BCUT2D eigenvalue weighted by molar-refractivity contribution is 0.102. The lowest BCUT2D eigenvalue weighted by Gasteiger charge is -2.21. The Morgan fingerprint density at radius 3 is 2.45 bits per heavy atom. The number of amides is 1. The molecule has 1 amide bonds. The van der Waals surface area contributed by atoms with Crippen molar-refractivity contribution in [3.8, 4) is 11.3 Å². The number of benzene rings is 2. The van der Waals surface area contributed by atoms with E-state index in [4.69, 9.17) is 0 Å². The Hall–Kier alpha value is -2.51. The number of hydrogen-bond donors (Lipinski definition) is 1. The van der Waals surface area contributed by atoms with E-state index in [1.165, 1.54) is 11.3 Å². The highest BCUT2D eigenvalue weighted by molar-refractivity contribution is 7.92. The zero-order chi connectivity index (χ0) is 22.0. The van der Waals surface area contributed by atoms with Gasteiger partial charge in [0.1, 0.15) is 0 Å². The summed E-state index contributed by atoms with van der Waals surface area (Å²) in [6.45, 7) is 4.07. The van der Waals surface area contributed by atoms with Gasteiger partial charge in [0.05, 0.1) is 15.8 Å². The van der Waals surface area contributed by atoms with E-state index in [1.54, 1.807) is 24.3 Å². The Labute approximate surface area is 187 Å². The third-order valence-corrected chi connectivity index (χ3v) is 8.87. The molecular weight excluding hydrogens is 428 g/mol. The molecule has 1 heterocycles. The van der Waals surface area contributed by atoms with Crippen LogP contribution in [0.1, 0.15) is 53.6 Å². The Balaban J connectivity index is 1.47. The summed E-state index contributed by atoms with van der Waals surface area (Å²) in [7, 11) is -3.34. The molecule has 1 fully saturated rings. The van der Waals surface area contributed by atoms with Crippen molar-refractivity contribution in [2.75, 3.05) is 5.32 Å². The van der Waals surface area contributed by atoms with E-state index in [1.807, 2.05) is 19.2 Å². The molecule has 0 bridgehead atoms. The second kappa shape index (κ2) is 8.93. The van der Waals surface area contributed by atoms with E-state index in [-0.39, 0.29) is 11.2 Å². The maximum Gasteiger partial charge on any atom is 0.257 e. The van der Waals surface area contributed by atoms with Crippen molar-refractivity contribution in [1.29, 1.82) is 0 Å². The first kappa shape index (κ1) is 21.7. The van der Waals surface area contributed by atoms with Crippen molar-refractivity contribution in [3.05, 3.63) is 64.5 Å². The monoisotopic (exact) mass is 454 g/mol. The standard InChI is InChI=1S/C24H26N2O3S2/c1-16-8-9-17(2)21(14-16)22-15-30-24(25-22)26-23(27)18-10-12-20(13-11-18)31(28,29)19-6-4-3-5-7-19/h8-15,19H,3-7H2,1-2H3,(H,25,26,27). The molecule has 5 nitrogen and oxygen atoms in total. The van der Waals surface area contributed by atoms with Crippen molar-refractivity contribution in [3.63, 3.8) is 0 Å². The molecule has 0 aliphatic heterocycles. The Kier molecular flexibility index (Phi) is 6.25. The van der Waals surface area contributed by atoms with Gasteiger partial charge in [0.25, 0.3) is 5.91 Å². The maximum absolute atomic E-state index is 12.8. The maximum atomic E-state index is 12.8. The molecule has 162 valence electrons. The van der Waals surface area contributed by atoms with E-state index in [0.29, 0.717) is 15.6 Å². The van der Waals surface area contributed by atoms with Crippen molar-refractivity contribution in [1.82, 2.24) is 4.98 Å².